The van der Waals surface area contributed by atoms with Crippen LogP contribution in [0, 0.1) is 0 Å². The summed E-state index contributed by atoms with van der Waals surface area (Å²) in [6.45, 7) is -0.905. The van der Waals surface area contributed by atoms with Gasteiger partial charge < -0.3 is 29.4 Å². The van der Waals surface area contributed by atoms with Gasteiger partial charge in [-0.1, -0.05) is 18.2 Å². The van der Waals surface area contributed by atoms with Crippen LogP contribution in [0.2, 0.25) is 0 Å². The van der Waals surface area contributed by atoms with E-state index in [9.17, 15) is 36.9 Å². The van der Waals surface area contributed by atoms with E-state index in [-0.39, 0.29) is 17.5 Å². The van der Waals surface area contributed by atoms with Crippen LogP contribution in [0.25, 0.3) is 0 Å². The molecule has 33 heavy (non-hydrogen) atoms. The first-order chi connectivity index (χ1) is 14.9. The van der Waals surface area contributed by atoms with Crippen LogP contribution >= 0.6 is 23.5 Å². The van der Waals surface area contributed by atoms with Crippen LogP contribution in [0.3, 0.4) is 0 Å². The van der Waals surface area contributed by atoms with Gasteiger partial charge in [0.1, 0.15) is 6.10 Å². The predicted molar refractivity (Wildman–Crippen MR) is 97.1 cm³/mol. The molecule has 1 aromatic rings. The third kappa shape index (κ3) is 6.54. The number of rotatable bonds is 9. The van der Waals surface area contributed by atoms with E-state index in [0.717, 1.165) is 12.1 Å². The van der Waals surface area contributed by atoms with Crippen molar-refractivity contribution in [3.63, 3.8) is 0 Å². The normalized spacial score (nSPS) is 28.3. The van der Waals surface area contributed by atoms with Crippen molar-refractivity contribution in [3.05, 3.63) is 35.4 Å². The quantitative estimate of drug-likeness (QED) is 0.285. The van der Waals surface area contributed by atoms with E-state index >= 15 is 0 Å². The summed E-state index contributed by atoms with van der Waals surface area (Å²) in [5.41, 5.74) is -2.73. The summed E-state index contributed by atoms with van der Waals surface area (Å²) in [7, 11) is -16.7. The van der Waals surface area contributed by atoms with Gasteiger partial charge in [-0.2, -0.15) is 21.8 Å². The van der Waals surface area contributed by atoms with Crippen LogP contribution in [-0.2, 0) is 37.2 Å². The number of phosphoric ester groups is 1. The van der Waals surface area contributed by atoms with E-state index < -0.39 is 60.2 Å². The lowest BCUT2D eigenvalue weighted by Gasteiger charge is -2.19. The zero-order valence-corrected chi connectivity index (χ0v) is 18.6. The molecular weight excluding hydrogens is 526 g/mol. The first-order valence-electron chi connectivity index (χ1n) is 8.66. The number of benzene rings is 1. The van der Waals surface area contributed by atoms with Crippen molar-refractivity contribution < 1.29 is 69.4 Å². The van der Waals surface area contributed by atoms with Crippen molar-refractivity contribution >= 4 is 23.5 Å². The van der Waals surface area contributed by atoms with Gasteiger partial charge in [-0.25, -0.2) is 13.7 Å². The van der Waals surface area contributed by atoms with Gasteiger partial charge in [-0.3, -0.25) is 4.52 Å². The molecule has 5 N–H and O–H groups in total. The minimum absolute atomic E-state index is 0.152. The van der Waals surface area contributed by atoms with Gasteiger partial charge in [0.2, 0.25) is 0 Å². The van der Waals surface area contributed by atoms with E-state index in [1.54, 1.807) is 0 Å². The highest BCUT2D eigenvalue weighted by atomic mass is 31.3. The molecule has 0 aliphatic carbocycles. The molecule has 14 nitrogen and oxygen atoms in total. The van der Waals surface area contributed by atoms with Crippen molar-refractivity contribution in [2.24, 2.45) is 10.2 Å². The van der Waals surface area contributed by atoms with E-state index in [1.807, 2.05) is 0 Å². The number of halogens is 3. The SMILES string of the molecule is O=P(O)(O)OP(=O)(O)OP(=O)(O)OC[C@H]1O[C@@H](c2cccc(C3(C(F)(F)F)N=N3)c2)C[C@@H]1O. The molecule has 2 heterocycles. The van der Waals surface area contributed by atoms with E-state index in [4.69, 9.17) is 19.4 Å². The molecule has 1 fully saturated rings. The standard InChI is InChI=1S/C13H16F3N2O12P3/c14-13(15,16)12(17-18-12)8-3-1-2-7(4-8)10-5-9(19)11(28-10)6-27-32(23,24)30-33(25,26)29-31(20,21)22/h1-4,9-11,19H,5-6H2,(H,23,24)(H,25,26)(H2,20,21,22)/t9-,10+,11+/m0/s1. The molecule has 1 saturated heterocycles. The van der Waals surface area contributed by atoms with Crippen LogP contribution in [-0.4, -0.2) is 49.7 Å². The number of ether oxygens (including phenoxy) is 1. The average Bonchev–Trinajstić information content (AvgIpc) is 3.36. The van der Waals surface area contributed by atoms with Crippen LogP contribution in [0.4, 0.5) is 13.2 Å². The number of hydrogen-bond acceptors (Lipinski definition) is 10. The molecule has 186 valence electrons. The molecule has 2 unspecified atom stereocenters. The number of phosphoric acid groups is 3. The van der Waals surface area contributed by atoms with Gasteiger partial charge in [-0.15, -0.1) is 10.2 Å². The average molecular weight is 542 g/mol. The van der Waals surface area contributed by atoms with E-state index in [2.05, 4.69) is 23.4 Å². The van der Waals surface area contributed by atoms with Gasteiger partial charge in [0.05, 0.1) is 18.8 Å². The Kier molecular flexibility index (Phi) is 7.13. The monoisotopic (exact) mass is 542 g/mol. The molecule has 3 rings (SSSR count). The second-order valence-electron chi connectivity index (χ2n) is 6.85. The van der Waals surface area contributed by atoms with Crippen molar-refractivity contribution in [3.8, 4) is 0 Å². The molecule has 0 spiro atoms. The summed E-state index contributed by atoms with van der Waals surface area (Å²) in [6.07, 6.45) is -8.52. The Labute approximate surface area is 182 Å². The third-order valence-electron chi connectivity index (χ3n) is 4.40. The van der Waals surface area contributed by atoms with Crippen LogP contribution in [0.5, 0.6) is 0 Å². The second-order valence-corrected chi connectivity index (χ2v) is 11.3. The fourth-order valence-electron chi connectivity index (χ4n) is 2.96. The molecule has 2 aliphatic heterocycles. The summed E-state index contributed by atoms with van der Waals surface area (Å²) >= 11 is 0. The fraction of sp³-hybridized carbons (Fsp3) is 0.538. The molecule has 20 heteroatoms. The Balaban J connectivity index is 1.63. The highest BCUT2D eigenvalue weighted by Gasteiger charge is 2.65. The lowest BCUT2D eigenvalue weighted by atomic mass is 9.97. The molecular formula is C13H16F3N2O12P3. The predicted octanol–water partition coefficient (Wildman–Crippen LogP) is 2.40. The number of nitrogens with zero attached hydrogens (tertiary/aromatic N) is 2. The highest BCUT2D eigenvalue weighted by Crippen LogP contribution is 2.66. The van der Waals surface area contributed by atoms with Crippen molar-refractivity contribution in [2.45, 2.75) is 36.6 Å². The largest absolute Gasteiger partial charge is 0.490 e. The smallest absolute Gasteiger partial charge is 0.390 e. The maximum Gasteiger partial charge on any atom is 0.490 e. The van der Waals surface area contributed by atoms with Gasteiger partial charge in [0.15, 0.2) is 0 Å². The van der Waals surface area contributed by atoms with Crippen molar-refractivity contribution in [1.29, 1.82) is 0 Å². The van der Waals surface area contributed by atoms with Gasteiger partial charge in [0, 0.05) is 12.0 Å². The molecule has 0 amide bonds. The summed E-state index contributed by atoms with van der Waals surface area (Å²) < 4.78 is 90.3. The molecule has 0 radical (unpaired) electrons. The van der Waals surface area contributed by atoms with Crippen molar-refractivity contribution in [1.82, 2.24) is 0 Å². The molecule has 0 saturated carbocycles. The minimum Gasteiger partial charge on any atom is -0.390 e. The zero-order chi connectivity index (χ0) is 24.9. The van der Waals surface area contributed by atoms with Crippen molar-refractivity contribution in [2.75, 3.05) is 6.61 Å². The number of aliphatic hydroxyl groups excluding tert-OH is 1. The first-order valence-corrected chi connectivity index (χ1v) is 13.2. The number of hydrogen-bond donors (Lipinski definition) is 5. The number of alkyl halides is 3. The Morgan fingerprint density at radius 2 is 1.73 bits per heavy atom. The summed E-state index contributed by atoms with van der Waals surface area (Å²) in [5.74, 6) is 0. The Morgan fingerprint density at radius 1 is 1.09 bits per heavy atom. The van der Waals surface area contributed by atoms with E-state index in [0.29, 0.717) is 0 Å². The van der Waals surface area contributed by atoms with Crippen LogP contribution in [0.1, 0.15) is 23.7 Å². The minimum atomic E-state index is -5.72. The summed E-state index contributed by atoms with van der Waals surface area (Å²) in [4.78, 5) is 35.5. The lowest BCUT2D eigenvalue weighted by molar-refractivity contribution is -0.166. The Morgan fingerprint density at radius 3 is 2.27 bits per heavy atom. The summed E-state index contributed by atoms with van der Waals surface area (Å²) in [6, 6.07) is 5.01. The van der Waals surface area contributed by atoms with Crippen LogP contribution < -0.4 is 0 Å². The maximum absolute atomic E-state index is 13.2. The second kappa shape index (κ2) is 8.86. The molecule has 5 atom stereocenters. The molecule has 1 aromatic carbocycles. The van der Waals surface area contributed by atoms with Gasteiger partial charge in [0.25, 0.3) is 0 Å². The van der Waals surface area contributed by atoms with Gasteiger partial charge >= 0.3 is 35.3 Å². The Bertz CT molecular complexity index is 1070. The maximum atomic E-state index is 13.2. The molecule has 0 bridgehead atoms. The fourth-order valence-corrected chi connectivity index (χ4v) is 5.99. The topological polar surface area (TPSA) is 214 Å². The number of aliphatic hydroxyl groups is 1. The molecule has 0 aromatic heterocycles. The summed E-state index contributed by atoms with van der Waals surface area (Å²) in [5, 5.41) is 16.3. The third-order valence-corrected chi connectivity index (χ3v) is 8.20. The molecule has 2 aliphatic rings. The van der Waals surface area contributed by atoms with Gasteiger partial charge in [-0.05, 0) is 11.6 Å². The lowest BCUT2D eigenvalue weighted by Crippen LogP contribution is -2.30. The zero-order valence-electron chi connectivity index (χ0n) is 15.9. The van der Waals surface area contributed by atoms with E-state index in [1.165, 1.54) is 12.1 Å². The first kappa shape index (κ1) is 26.5. The highest BCUT2D eigenvalue weighted by molar-refractivity contribution is 7.66. The van der Waals surface area contributed by atoms with Crippen LogP contribution in [0.15, 0.2) is 34.5 Å². The Hall–Kier alpha value is -1.06.